The van der Waals surface area contributed by atoms with Gasteiger partial charge in [0.15, 0.2) is 0 Å². The summed E-state index contributed by atoms with van der Waals surface area (Å²) in [6.07, 6.45) is 4.35. The van der Waals surface area contributed by atoms with Crippen molar-refractivity contribution in [2.24, 2.45) is 0 Å². The zero-order valence-electron chi connectivity index (χ0n) is 11.7. The molecular weight excluding hydrogens is 242 g/mol. The average molecular weight is 267 g/mol. The molecule has 0 aliphatic carbocycles. The monoisotopic (exact) mass is 267 g/mol. The zero-order chi connectivity index (χ0) is 13.2. The number of benzene rings is 1. The number of rotatable bonds is 9. The van der Waals surface area contributed by atoms with Gasteiger partial charge in [0.25, 0.3) is 0 Å². The van der Waals surface area contributed by atoms with Crippen LogP contribution in [0.2, 0.25) is 0 Å². The minimum atomic E-state index is 0.306. The van der Waals surface area contributed by atoms with Crippen molar-refractivity contribution in [1.29, 1.82) is 0 Å². The van der Waals surface area contributed by atoms with E-state index in [1.54, 1.807) is 11.8 Å². The fourth-order valence-corrected chi connectivity index (χ4v) is 2.54. The van der Waals surface area contributed by atoms with Gasteiger partial charge in [0, 0.05) is 11.5 Å². The molecule has 2 nitrogen and oxygen atoms in total. The quantitative estimate of drug-likeness (QED) is 0.542. The maximum absolute atomic E-state index is 5.72. The van der Waals surface area contributed by atoms with Gasteiger partial charge in [0.2, 0.25) is 0 Å². The van der Waals surface area contributed by atoms with Crippen molar-refractivity contribution in [2.75, 3.05) is 26.0 Å². The Morgan fingerprint density at radius 2 is 2.00 bits per heavy atom. The number of nitrogens with one attached hydrogen (secondary N) is 1. The Bertz CT molecular complexity index is 330. The molecule has 1 aromatic rings. The first kappa shape index (κ1) is 15.5. The third-order valence-electron chi connectivity index (χ3n) is 2.79. The molecule has 0 bridgehead atoms. The van der Waals surface area contributed by atoms with Crippen molar-refractivity contribution in [1.82, 2.24) is 5.32 Å². The molecule has 0 amide bonds. The van der Waals surface area contributed by atoms with Crippen molar-refractivity contribution in [3.05, 3.63) is 29.8 Å². The highest BCUT2D eigenvalue weighted by Gasteiger charge is 2.14. The minimum Gasteiger partial charge on any atom is -0.379 e. The summed E-state index contributed by atoms with van der Waals surface area (Å²) in [4.78, 5) is 1.34. The molecule has 3 heteroatoms. The second-order valence-corrected chi connectivity index (χ2v) is 5.17. The molecule has 0 aromatic heterocycles. The summed E-state index contributed by atoms with van der Waals surface area (Å²) in [7, 11) is 0. The Morgan fingerprint density at radius 1 is 1.22 bits per heavy atom. The summed E-state index contributed by atoms with van der Waals surface area (Å²) in [5.41, 5.74) is 1.36. The van der Waals surface area contributed by atoms with Crippen LogP contribution >= 0.6 is 11.8 Å². The van der Waals surface area contributed by atoms with Crippen LogP contribution < -0.4 is 5.32 Å². The number of hydrogen-bond donors (Lipinski definition) is 1. The van der Waals surface area contributed by atoms with Gasteiger partial charge in [-0.3, -0.25) is 0 Å². The van der Waals surface area contributed by atoms with Gasteiger partial charge < -0.3 is 10.1 Å². The summed E-state index contributed by atoms with van der Waals surface area (Å²) in [6, 6.07) is 8.89. The number of thioether (sulfide) groups is 1. The third kappa shape index (κ3) is 5.01. The highest BCUT2D eigenvalue weighted by molar-refractivity contribution is 7.98. The molecule has 0 saturated carbocycles. The van der Waals surface area contributed by atoms with E-state index in [2.05, 4.69) is 49.7 Å². The van der Waals surface area contributed by atoms with Gasteiger partial charge in [-0.1, -0.05) is 32.0 Å². The van der Waals surface area contributed by atoms with E-state index in [9.17, 15) is 0 Å². The molecule has 1 atom stereocenters. The molecule has 1 unspecified atom stereocenters. The molecule has 0 aliphatic rings. The molecule has 0 fully saturated rings. The van der Waals surface area contributed by atoms with E-state index in [1.807, 2.05) is 0 Å². The second-order valence-electron chi connectivity index (χ2n) is 4.32. The van der Waals surface area contributed by atoms with Crippen LogP contribution in [0.4, 0.5) is 0 Å². The molecule has 102 valence electrons. The van der Waals surface area contributed by atoms with Crippen molar-refractivity contribution in [2.45, 2.75) is 37.6 Å². The van der Waals surface area contributed by atoms with E-state index in [1.165, 1.54) is 10.5 Å². The highest BCUT2D eigenvalue weighted by Crippen LogP contribution is 2.26. The smallest absolute Gasteiger partial charge is 0.0661 e. The minimum absolute atomic E-state index is 0.306. The summed E-state index contributed by atoms with van der Waals surface area (Å²) in [5, 5.41) is 3.58. The van der Waals surface area contributed by atoms with Gasteiger partial charge in [-0.25, -0.2) is 0 Å². The molecule has 1 aromatic carbocycles. The lowest BCUT2D eigenvalue weighted by molar-refractivity contribution is 0.111. The second kappa shape index (κ2) is 9.42. The van der Waals surface area contributed by atoms with Crippen LogP contribution in [0.15, 0.2) is 29.2 Å². The van der Waals surface area contributed by atoms with Gasteiger partial charge in [-0.05, 0) is 37.3 Å². The van der Waals surface area contributed by atoms with E-state index in [-0.39, 0.29) is 0 Å². The first-order chi connectivity index (χ1) is 8.83. The lowest BCUT2D eigenvalue weighted by atomic mass is 10.1. The molecule has 1 N–H and O–H groups in total. The van der Waals surface area contributed by atoms with Gasteiger partial charge in [-0.15, -0.1) is 11.8 Å². The van der Waals surface area contributed by atoms with Crippen molar-refractivity contribution < 1.29 is 4.74 Å². The molecule has 1 rings (SSSR count). The van der Waals surface area contributed by atoms with Gasteiger partial charge in [0.05, 0.1) is 12.6 Å². The summed E-state index contributed by atoms with van der Waals surface area (Å²) >= 11 is 1.80. The van der Waals surface area contributed by atoms with E-state index in [0.717, 1.165) is 32.6 Å². The van der Waals surface area contributed by atoms with E-state index in [0.29, 0.717) is 6.04 Å². The van der Waals surface area contributed by atoms with E-state index >= 15 is 0 Å². The SMILES string of the molecule is CCCNC(COCCC)c1ccccc1SC. The Balaban J connectivity index is 2.72. The fraction of sp³-hybridized carbons (Fsp3) is 0.600. The molecule has 0 radical (unpaired) electrons. The van der Waals surface area contributed by atoms with Crippen LogP contribution in [0, 0.1) is 0 Å². The van der Waals surface area contributed by atoms with Crippen LogP contribution in [0.25, 0.3) is 0 Å². The number of hydrogen-bond acceptors (Lipinski definition) is 3. The van der Waals surface area contributed by atoms with Crippen molar-refractivity contribution >= 4 is 11.8 Å². The maximum Gasteiger partial charge on any atom is 0.0661 e. The lowest BCUT2D eigenvalue weighted by Crippen LogP contribution is -2.27. The topological polar surface area (TPSA) is 21.3 Å². The van der Waals surface area contributed by atoms with Gasteiger partial charge >= 0.3 is 0 Å². The van der Waals surface area contributed by atoms with Gasteiger partial charge in [0.1, 0.15) is 0 Å². The Labute approximate surface area is 116 Å². The fourth-order valence-electron chi connectivity index (χ4n) is 1.88. The molecule has 0 heterocycles. The standard InChI is InChI=1S/C15H25NOS/c1-4-10-16-14(12-17-11-5-2)13-8-6-7-9-15(13)18-3/h6-9,14,16H,4-5,10-12H2,1-3H3. The Kier molecular flexibility index (Phi) is 8.14. The van der Waals surface area contributed by atoms with Crippen LogP contribution in [0.1, 0.15) is 38.3 Å². The van der Waals surface area contributed by atoms with Gasteiger partial charge in [-0.2, -0.15) is 0 Å². The van der Waals surface area contributed by atoms with Crippen LogP contribution in [0.3, 0.4) is 0 Å². The Morgan fingerprint density at radius 3 is 2.67 bits per heavy atom. The first-order valence-corrected chi connectivity index (χ1v) is 8.00. The normalized spacial score (nSPS) is 12.6. The Hall–Kier alpha value is -0.510. The largest absolute Gasteiger partial charge is 0.379 e. The predicted molar refractivity (Wildman–Crippen MR) is 80.4 cm³/mol. The summed E-state index contributed by atoms with van der Waals surface area (Å²) in [5.74, 6) is 0. The lowest BCUT2D eigenvalue weighted by Gasteiger charge is -2.21. The number of ether oxygens (including phenoxy) is 1. The van der Waals surface area contributed by atoms with Crippen molar-refractivity contribution in [3.63, 3.8) is 0 Å². The van der Waals surface area contributed by atoms with Crippen molar-refractivity contribution in [3.8, 4) is 0 Å². The zero-order valence-corrected chi connectivity index (χ0v) is 12.6. The molecule has 0 saturated heterocycles. The third-order valence-corrected chi connectivity index (χ3v) is 3.60. The van der Waals surface area contributed by atoms with Crippen LogP contribution in [-0.2, 0) is 4.74 Å². The predicted octanol–water partition coefficient (Wildman–Crippen LogP) is 3.88. The summed E-state index contributed by atoms with van der Waals surface area (Å²) < 4.78 is 5.72. The molecular formula is C15H25NOS. The molecule has 0 aliphatic heterocycles. The summed E-state index contributed by atoms with van der Waals surface area (Å²) in [6.45, 7) is 6.96. The van der Waals surface area contributed by atoms with Crippen LogP contribution in [-0.4, -0.2) is 26.0 Å². The highest BCUT2D eigenvalue weighted by atomic mass is 32.2. The molecule has 0 spiro atoms. The maximum atomic E-state index is 5.72. The van der Waals surface area contributed by atoms with E-state index in [4.69, 9.17) is 4.74 Å². The molecule has 18 heavy (non-hydrogen) atoms. The first-order valence-electron chi connectivity index (χ1n) is 6.77. The average Bonchev–Trinajstić information content (AvgIpc) is 2.42. The van der Waals surface area contributed by atoms with E-state index < -0.39 is 0 Å². The van der Waals surface area contributed by atoms with Crippen LogP contribution in [0.5, 0.6) is 0 Å².